The first kappa shape index (κ1) is 9.01. The van der Waals surface area contributed by atoms with Crippen LogP contribution in [0.25, 0.3) is 0 Å². The third kappa shape index (κ3) is 1.56. The predicted octanol–water partition coefficient (Wildman–Crippen LogP) is 1.94. The maximum atomic E-state index is 8.77. The molecule has 0 N–H and O–H groups in total. The lowest BCUT2D eigenvalue weighted by atomic mass is 10.2. The van der Waals surface area contributed by atoms with Gasteiger partial charge in [-0.15, -0.1) is 0 Å². The molecule has 1 saturated heterocycles. The van der Waals surface area contributed by atoms with Crippen LogP contribution in [0.5, 0.6) is 0 Å². The Morgan fingerprint density at radius 1 is 1.64 bits per heavy atom. The second-order valence-corrected chi connectivity index (χ2v) is 3.70. The Morgan fingerprint density at radius 2 is 2.50 bits per heavy atom. The highest BCUT2D eigenvalue weighted by atomic mass is 15.2. The molecule has 1 aromatic heterocycles. The molecule has 2 heterocycles. The van der Waals surface area contributed by atoms with Crippen molar-refractivity contribution in [3.63, 3.8) is 0 Å². The van der Waals surface area contributed by atoms with E-state index in [9.17, 15) is 0 Å². The van der Waals surface area contributed by atoms with E-state index in [4.69, 9.17) is 5.26 Å². The van der Waals surface area contributed by atoms with Crippen molar-refractivity contribution in [2.24, 2.45) is 0 Å². The van der Waals surface area contributed by atoms with Crippen LogP contribution in [0.2, 0.25) is 0 Å². The van der Waals surface area contributed by atoms with E-state index in [-0.39, 0.29) is 0 Å². The molecule has 3 heteroatoms. The van der Waals surface area contributed by atoms with Crippen molar-refractivity contribution in [1.82, 2.24) is 4.98 Å². The van der Waals surface area contributed by atoms with Crippen LogP contribution >= 0.6 is 0 Å². The molecule has 0 spiro atoms. The van der Waals surface area contributed by atoms with Gasteiger partial charge in [0.2, 0.25) is 0 Å². The lowest BCUT2D eigenvalue weighted by Gasteiger charge is -2.22. The van der Waals surface area contributed by atoms with Gasteiger partial charge in [0.05, 0.1) is 11.6 Å². The number of anilines is 1. The zero-order chi connectivity index (χ0) is 9.97. The molecule has 0 saturated carbocycles. The van der Waals surface area contributed by atoms with Crippen molar-refractivity contribution in [3.8, 4) is 6.07 Å². The standard InChI is InChI=1S/C11H13N3/c1-9-3-2-6-14(9)11-7-10(8-12)4-5-13-11/h4-5,7,9H,2-3,6H2,1H3. The number of pyridine rings is 1. The van der Waals surface area contributed by atoms with E-state index in [2.05, 4.69) is 22.9 Å². The molecule has 0 aliphatic carbocycles. The summed E-state index contributed by atoms with van der Waals surface area (Å²) < 4.78 is 0. The molecule has 1 aromatic rings. The summed E-state index contributed by atoms with van der Waals surface area (Å²) in [5.74, 6) is 0.939. The first-order valence-corrected chi connectivity index (χ1v) is 4.94. The fraction of sp³-hybridized carbons (Fsp3) is 0.455. The summed E-state index contributed by atoms with van der Waals surface area (Å²) in [5, 5.41) is 8.77. The Balaban J connectivity index is 2.28. The average Bonchev–Trinajstić information content (AvgIpc) is 2.65. The Morgan fingerprint density at radius 3 is 3.14 bits per heavy atom. The van der Waals surface area contributed by atoms with Gasteiger partial charge < -0.3 is 4.90 Å². The molecule has 72 valence electrons. The maximum absolute atomic E-state index is 8.77. The van der Waals surface area contributed by atoms with Crippen molar-refractivity contribution >= 4 is 5.82 Å². The van der Waals surface area contributed by atoms with Gasteiger partial charge >= 0.3 is 0 Å². The lowest BCUT2D eigenvalue weighted by Crippen LogP contribution is -2.27. The van der Waals surface area contributed by atoms with Crippen LogP contribution in [0.4, 0.5) is 5.82 Å². The van der Waals surface area contributed by atoms with E-state index in [1.54, 1.807) is 12.3 Å². The smallest absolute Gasteiger partial charge is 0.130 e. The van der Waals surface area contributed by atoms with Crippen molar-refractivity contribution in [3.05, 3.63) is 23.9 Å². The highest BCUT2D eigenvalue weighted by Crippen LogP contribution is 2.23. The van der Waals surface area contributed by atoms with Crippen molar-refractivity contribution in [2.75, 3.05) is 11.4 Å². The largest absolute Gasteiger partial charge is 0.354 e. The molecule has 1 unspecified atom stereocenters. The van der Waals surface area contributed by atoms with E-state index in [0.29, 0.717) is 11.6 Å². The average molecular weight is 187 g/mol. The summed E-state index contributed by atoms with van der Waals surface area (Å²) in [6.45, 7) is 3.26. The molecule has 3 nitrogen and oxygen atoms in total. The van der Waals surface area contributed by atoms with Crippen LogP contribution in [-0.2, 0) is 0 Å². The Hall–Kier alpha value is -1.56. The van der Waals surface area contributed by atoms with Gasteiger partial charge in [-0.3, -0.25) is 0 Å². The van der Waals surface area contributed by atoms with Gasteiger partial charge in [-0.2, -0.15) is 5.26 Å². The van der Waals surface area contributed by atoms with E-state index in [0.717, 1.165) is 12.4 Å². The molecule has 1 aliphatic heterocycles. The number of rotatable bonds is 1. The fourth-order valence-corrected chi connectivity index (χ4v) is 1.92. The van der Waals surface area contributed by atoms with Crippen LogP contribution in [-0.4, -0.2) is 17.6 Å². The number of aromatic nitrogens is 1. The molecule has 2 rings (SSSR count). The predicted molar refractivity (Wildman–Crippen MR) is 55.0 cm³/mol. The molecule has 0 amide bonds. The van der Waals surface area contributed by atoms with Crippen molar-refractivity contribution < 1.29 is 0 Å². The molecule has 1 aliphatic rings. The van der Waals surface area contributed by atoms with E-state index in [1.807, 2.05) is 6.07 Å². The van der Waals surface area contributed by atoms with Gasteiger partial charge in [0.15, 0.2) is 0 Å². The Labute approximate surface area is 84.0 Å². The third-order valence-corrected chi connectivity index (χ3v) is 2.72. The summed E-state index contributed by atoms with van der Waals surface area (Å²) in [7, 11) is 0. The number of nitrogens with zero attached hydrogens (tertiary/aromatic N) is 3. The first-order chi connectivity index (χ1) is 6.81. The molecular weight excluding hydrogens is 174 g/mol. The Bertz CT molecular complexity index is 367. The van der Waals surface area contributed by atoms with Crippen molar-refractivity contribution in [2.45, 2.75) is 25.8 Å². The molecule has 1 fully saturated rings. The molecule has 0 bridgehead atoms. The van der Waals surface area contributed by atoms with E-state index in [1.165, 1.54) is 12.8 Å². The van der Waals surface area contributed by atoms with Crippen LogP contribution in [0.15, 0.2) is 18.3 Å². The molecule has 1 atom stereocenters. The maximum Gasteiger partial charge on any atom is 0.130 e. The summed E-state index contributed by atoms with van der Waals surface area (Å²) in [5.41, 5.74) is 0.689. The fourth-order valence-electron chi connectivity index (χ4n) is 1.92. The summed E-state index contributed by atoms with van der Waals surface area (Å²) >= 11 is 0. The van der Waals surface area contributed by atoms with Crippen LogP contribution in [0.1, 0.15) is 25.3 Å². The quantitative estimate of drug-likeness (QED) is 0.674. The third-order valence-electron chi connectivity index (χ3n) is 2.72. The summed E-state index contributed by atoms with van der Waals surface area (Å²) in [6.07, 6.45) is 4.15. The number of nitriles is 1. The first-order valence-electron chi connectivity index (χ1n) is 4.94. The van der Waals surface area contributed by atoms with Gasteiger partial charge in [0.1, 0.15) is 5.82 Å². The lowest BCUT2D eigenvalue weighted by molar-refractivity contribution is 0.727. The van der Waals surface area contributed by atoms with Gasteiger partial charge in [0, 0.05) is 18.8 Å². The molecule has 14 heavy (non-hydrogen) atoms. The van der Waals surface area contributed by atoms with Gasteiger partial charge in [0.25, 0.3) is 0 Å². The minimum atomic E-state index is 0.552. The minimum absolute atomic E-state index is 0.552. The molecule has 0 radical (unpaired) electrons. The minimum Gasteiger partial charge on any atom is -0.354 e. The second-order valence-electron chi connectivity index (χ2n) is 3.70. The van der Waals surface area contributed by atoms with E-state index < -0.39 is 0 Å². The molecule has 0 aromatic carbocycles. The van der Waals surface area contributed by atoms with Gasteiger partial charge in [-0.25, -0.2) is 4.98 Å². The zero-order valence-electron chi connectivity index (χ0n) is 8.27. The van der Waals surface area contributed by atoms with Gasteiger partial charge in [-0.05, 0) is 31.9 Å². The van der Waals surface area contributed by atoms with Crippen LogP contribution in [0.3, 0.4) is 0 Å². The summed E-state index contributed by atoms with van der Waals surface area (Å²) in [6, 6.07) is 6.29. The monoisotopic (exact) mass is 187 g/mol. The normalized spacial score (nSPS) is 20.9. The highest BCUT2D eigenvalue weighted by Gasteiger charge is 2.21. The SMILES string of the molecule is CC1CCCN1c1cc(C#N)ccn1. The highest BCUT2D eigenvalue weighted by molar-refractivity contribution is 5.46. The topological polar surface area (TPSA) is 39.9 Å². The van der Waals surface area contributed by atoms with Gasteiger partial charge in [-0.1, -0.05) is 0 Å². The second kappa shape index (κ2) is 3.67. The zero-order valence-corrected chi connectivity index (χ0v) is 8.27. The van der Waals surface area contributed by atoms with Crippen molar-refractivity contribution in [1.29, 1.82) is 5.26 Å². The number of hydrogen-bond donors (Lipinski definition) is 0. The summed E-state index contributed by atoms with van der Waals surface area (Å²) in [4.78, 5) is 6.56. The van der Waals surface area contributed by atoms with Crippen LogP contribution < -0.4 is 4.90 Å². The number of hydrogen-bond acceptors (Lipinski definition) is 3. The van der Waals surface area contributed by atoms with Crippen LogP contribution in [0, 0.1) is 11.3 Å². The van der Waals surface area contributed by atoms with E-state index >= 15 is 0 Å². The molecular formula is C11H13N3. The Kier molecular flexibility index (Phi) is 2.36.